The maximum Gasteiger partial charge on any atom is 0.245 e. The summed E-state index contributed by atoms with van der Waals surface area (Å²) in [5.74, 6) is -0.235. The van der Waals surface area contributed by atoms with E-state index in [1.54, 1.807) is 18.2 Å². The molecule has 1 N–H and O–H groups in total. The Morgan fingerprint density at radius 3 is 2.58 bits per heavy atom. The summed E-state index contributed by atoms with van der Waals surface area (Å²) >= 11 is 0. The van der Waals surface area contributed by atoms with Crippen LogP contribution in [0.15, 0.2) is 53.7 Å². The van der Waals surface area contributed by atoms with Crippen LogP contribution >= 0.6 is 0 Å². The number of carbonyl (C=O) groups is 1. The first-order valence-electron chi connectivity index (χ1n) is 14.0. The Bertz CT molecular complexity index is 1480. The number of hydrogen-bond donors (Lipinski definition) is 1. The molecule has 1 saturated carbocycles. The minimum absolute atomic E-state index is 0.000856. The highest BCUT2D eigenvalue weighted by Gasteiger charge is 2.44. The Morgan fingerprint density at radius 2 is 1.85 bits per heavy atom. The summed E-state index contributed by atoms with van der Waals surface area (Å²) in [4.78, 5) is 26.7. The maximum absolute atomic E-state index is 14.0. The largest absolute Gasteiger partial charge is 0.358 e. The van der Waals surface area contributed by atoms with E-state index in [1.165, 1.54) is 18.5 Å². The molecular formula is C30H38FN5O3S. The van der Waals surface area contributed by atoms with Gasteiger partial charge in [-0.3, -0.25) is 4.79 Å². The van der Waals surface area contributed by atoms with E-state index < -0.39 is 21.7 Å². The zero-order valence-electron chi connectivity index (χ0n) is 23.5. The van der Waals surface area contributed by atoms with Crippen molar-refractivity contribution in [2.75, 3.05) is 24.7 Å². The molecule has 2 aliphatic rings. The fraction of sp³-hybridized carbons (Fsp3) is 0.500. The number of likely N-dealkylation sites (tertiary alicyclic amines) is 1. The number of carbonyl (C=O) groups excluding carboxylic acids is 1. The summed E-state index contributed by atoms with van der Waals surface area (Å²) < 4.78 is 41.1. The Kier molecular flexibility index (Phi) is 8.10. The fourth-order valence-corrected chi connectivity index (χ4v) is 7.87. The van der Waals surface area contributed by atoms with Crippen molar-refractivity contribution < 1.29 is 17.6 Å². The van der Waals surface area contributed by atoms with Gasteiger partial charge in [-0.2, -0.15) is 0 Å². The molecule has 4 atom stereocenters. The number of nitrogens with one attached hydrogen (secondary N) is 1. The van der Waals surface area contributed by atoms with E-state index in [1.807, 2.05) is 24.0 Å². The normalized spacial score (nSPS) is 23.9. The van der Waals surface area contributed by atoms with Gasteiger partial charge in [0.2, 0.25) is 5.91 Å². The van der Waals surface area contributed by atoms with E-state index in [9.17, 15) is 17.6 Å². The molecule has 1 aliphatic carbocycles. The molecule has 1 saturated heterocycles. The lowest BCUT2D eigenvalue weighted by molar-refractivity contribution is -0.132. The van der Waals surface area contributed by atoms with Gasteiger partial charge in [0.05, 0.1) is 16.2 Å². The van der Waals surface area contributed by atoms with E-state index >= 15 is 0 Å². The van der Waals surface area contributed by atoms with Gasteiger partial charge in [0, 0.05) is 30.1 Å². The van der Waals surface area contributed by atoms with Crippen LogP contribution in [0, 0.1) is 18.7 Å². The number of aromatic nitrogens is 2. The van der Waals surface area contributed by atoms with Gasteiger partial charge < -0.3 is 15.1 Å². The Morgan fingerprint density at radius 1 is 1.10 bits per heavy atom. The molecule has 0 bridgehead atoms. The van der Waals surface area contributed by atoms with Crippen molar-refractivity contribution in [2.45, 2.75) is 75.5 Å². The van der Waals surface area contributed by atoms with Crippen molar-refractivity contribution in [3.8, 4) is 0 Å². The summed E-state index contributed by atoms with van der Waals surface area (Å²) in [5, 5.41) is 3.75. The van der Waals surface area contributed by atoms with Gasteiger partial charge in [-0.05, 0) is 89.8 Å². The molecule has 0 unspecified atom stereocenters. The van der Waals surface area contributed by atoms with Crippen molar-refractivity contribution >= 4 is 32.5 Å². The minimum atomic E-state index is -3.54. The van der Waals surface area contributed by atoms with Crippen LogP contribution in [0.3, 0.4) is 0 Å². The molecule has 2 heterocycles. The van der Waals surface area contributed by atoms with Gasteiger partial charge >= 0.3 is 0 Å². The summed E-state index contributed by atoms with van der Waals surface area (Å²) in [5.41, 5.74) is 1.60. The number of benzene rings is 2. The van der Waals surface area contributed by atoms with Crippen molar-refractivity contribution in [3.63, 3.8) is 0 Å². The first kappa shape index (κ1) is 28.4. The van der Waals surface area contributed by atoms with Crippen LogP contribution in [0.2, 0.25) is 0 Å². The van der Waals surface area contributed by atoms with E-state index in [-0.39, 0.29) is 29.7 Å². The van der Waals surface area contributed by atoms with Crippen LogP contribution in [-0.2, 0) is 14.6 Å². The molecule has 8 nitrogen and oxygen atoms in total. The lowest BCUT2D eigenvalue weighted by atomic mass is 9.81. The van der Waals surface area contributed by atoms with Crippen LogP contribution in [0.4, 0.5) is 10.2 Å². The fourth-order valence-electron chi connectivity index (χ4n) is 6.20. The van der Waals surface area contributed by atoms with Gasteiger partial charge in [-0.25, -0.2) is 22.8 Å². The second-order valence-electron chi connectivity index (χ2n) is 11.5. The average Bonchev–Trinajstić information content (AvgIpc) is 3.28. The summed E-state index contributed by atoms with van der Waals surface area (Å²) in [6.07, 6.45) is 4.32. The standard InChI is InChI=1S/C30H38FN5O3S/c1-19(2)35(4)23-8-12-28(21(15-23)17-40(38,39)24-9-5-20(3)6-10-24)36-14-13-27(30(36)37)34-29-25-16-22(31)7-11-26(25)32-18-33-29/h5-7,9-11,16,18-19,21,23,27-28H,8,12-15,17H2,1-4H3,(H,32,33,34)/t21-,23+,27-,28-/m0/s1. The smallest absolute Gasteiger partial charge is 0.245 e. The number of amides is 1. The lowest BCUT2D eigenvalue weighted by Gasteiger charge is -2.44. The van der Waals surface area contributed by atoms with Gasteiger partial charge in [-0.1, -0.05) is 17.7 Å². The molecule has 3 aromatic rings. The third-order valence-corrected chi connectivity index (χ3v) is 10.5. The predicted molar refractivity (Wildman–Crippen MR) is 154 cm³/mol. The number of fused-ring (bicyclic) bond motifs is 1. The highest BCUT2D eigenvalue weighted by Crippen LogP contribution is 2.36. The predicted octanol–water partition coefficient (Wildman–Crippen LogP) is 4.44. The molecule has 0 spiro atoms. The summed E-state index contributed by atoms with van der Waals surface area (Å²) in [6, 6.07) is 11.2. The monoisotopic (exact) mass is 567 g/mol. The Hall–Kier alpha value is -3.11. The molecule has 1 aromatic heterocycles. The Balaban J connectivity index is 1.38. The molecule has 2 aromatic carbocycles. The van der Waals surface area contributed by atoms with Crippen LogP contribution in [0.25, 0.3) is 10.9 Å². The van der Waals surface area contributed by atoms with Gasteiger partial charge in [0.15, 0.2) is 9.84 Å². The van der Waals surface area contributed by atoms with Crippen molar-refractivity contribution in [2.24, 2.45) is 5.92 Å². The number of aryl methyl sites for hydroxylation is 1. The quantitative estimate of drug-likeness (QED) is 0.430. The molecule has 1 aliphatic heterocycles. The second-order valence-corrected chi connectivity index (χ2v) is 13.6. The third-order valence-electron chi connectivity index (χ3n) is 8.67. The number of rotatable bonds is 8. The molecule has 40 heavy (non-hydrogen) atoms. The van der Waals surface area contributed by atoms with Crippen LogP contribution < -0.4 is 5.32 Å². The van der Waals surface area contributed by atoms with E-state index in [4.69, 9.17) is 0 Å². The van der Waals surface area contributed by atoms with E-state index in [0.717, 1.165) is 18.4 Å². The van der Waals surface area contributed by atoms with Crippen LogP contribution in [0.5, 0.6) is 0 Å². The molecule has 2 fully saturated rings. The lowest BCUT2D eigenvalue weighted by Crippen LogP contribution is -2.52. The zero-order chi connectivity index (χ0) is 28.6. The van der Waals surface area contributed by atoms with Crippen molar-refractivity contribution in [3.05, 3.63) is 60.2 Å². The SMILES string of the molecule is Cc1ccc(S(=O)(=O)C[C@@H]2C[C@H](N(C)C(C)C)CC[C@@H]2N2CC[C@H](Nc3ncnc4ccc(F)cc34)C2=O)cc1. The number of hydrogen-bond acceptors (Lipinski definition) is 7. The summed E-state index contributed by atoms with van der Waals surface area (Å²) in [6.45, 7) is 6.76. The topological polar surface area (TPSA) is 95.5 Å². The second kappa shape index (κ2) is 11.4. The minimum Gasteiger partial charge on any atom is -0.358 e. The van der Waals surface area contributed by atoms with Gasteiger partial charge in [-0.15, -0.1) is 0 Å². The summed E-state index contributed by atoms with van der Waals surface area (Å²) in [7, 11) is -1.45. The molecule has 214 valence electrons. The number of halogens is 1. The van der Waals surface area contributed by atoms with Gasteiger partial charge in [0.25, 0.3) is 0 Å². The first-order valence-corrected chi connectivity index (χ1v) is 15.7. The molecule has 10 heteroatoms. The number of sulfone groups is 1. The van der Waals surface area contributed by atoms with Crippen molar-refractivity contribution in [1.82, 2.24) is 19.8 Å². The van der Waals surface area contributed by atoms with Crippen LogP contribution in [0.1, 0.15) is 45.1 Å². The molecule has 1 amide bonds. The highest BCUT2D eigenvalue weighted by atomic mass is 32.2. The van der Waals surface area contributed by atoms with Crippen molar-refractivity contribution in [1.29, 1.82) is 0 Å². The van der Waals surface area contributed by atoms with Gasteiger partial charge in [0.1, 0.15) is 24.0 Å². The van der Waals surface area contributed by atoms with E-state index in [2.05, 4.69) is 41.1 Å². The zero-order valence-corrected chi connectivity index (χ0v) is 24.4. The highest BCUT2D eigenvalue weighted by molar-refractivity contribution is 7.91. The average molecular weight is 568 g/mol. The number of anilines is 1. The molecule has 0 radical (unpaired) electrons. The first-order chi connectivity index (χ1) is 19.0. The molecular weight excluding hydrogens is 529 g/mol. The van der Waals surface area contributed by atoms with Crippen LogP contribution in [-0.4, -0.2) is 77.6 Å². The number of nitrogens with zero attached hydrogens (tertiary/aromatic N) is 4. The third kappa shape index (κ3) is 5.83. The Labute approximate surface area is 235 Å². The maximum atomic E-state index is 14.0. The van der Waals surface area contributed by atoms with E-state index in [0.29, 0.717) is 47.0 Å². The molecule has 5 rings (SSSR count).